The van der Waals surface area contributed by atoms with Crippen molar-refractivity contribution in [3.05, 3.63) is 45.1 Å². The van der Waals surface area contributed by atoms with E-state index in [9.17, 15) is 14.4 Å². The van der Waals surface area contributed by atoms with Crippen molar-refractivity contribution < 1.29 is 4.79 Å². The Balaban J connectivity index is 1.72. The molecular formula is C21H29N3O3. The quantitative estimate of drug-likeness (QED) is 0.847. The monoisotopic (exact) mass is 371 g/mol. The number of nitrogens with zero attached hydrogens (tertiary/aromatic N) is 1. The third kappa shape index (κ3) is 4.31. The Morgan fingerprint density at radius 1 is 1.26 bits per heavy atom. The molecular weight excluding hydrogens is 342 g/mol. The molecule has 2 N–H and O–H groups in total. The molecule has 1 aromatic carbocycles. The summed E-state index contributed by atoms with van der Waals surface area (Å²) in [5.74, 6) is 1.62. The Morgan fingerprint density at radius 2 is 2.00 bits per heavy atom. The SMILES string of the molecule is CC1CCC(C(C)C)C(NC(=O)CCn2c(=O)[nH]c(=O)c3ccccc32)C1. The van der Waals surface area contributed by atoms with Crippen molar-refractivity contribution in [2.75, 3.05) is 0 Å². The van der Waals surface area contributed by atoms with Crippen molar-refractivity contribution in [2.24, 2.45) is 17.8 Å². The van der Waals surface area contributed by atoms with Crippen LogP contribution in [0.1, 0.15) is 46.5 Å². The molecule has 6 heteroatoms. The van der Waals surface area contributed by atoms with Gasteiger partial charge in [-0.05, 0) is 42.7 Å². The van der Waals surface area contributed by atoms with Crippen LogP contribution in [-0.2, 0) is 11.3 Å². The van der Waals surface area contributed by atoms with Crippen molar-refractivity contribution >= 4 is 16.8 Å². The number of benzene rings is 1. The minimum Gasteiger partial charge on any atom is -0.353 e. The lowest BCUT2D eigenvalue weighted by atomic mass is 9.74. The molecule has 0 bridgehead atoms. The van der Waals surface area contributed by atoms with Gasteiger partial charge in [-0.1, -0.05) is 39.3 Å². The first-order chi connectivity index (χ1) is 12.9. The number of hydrogen-bond donors (Lipinski definition) is 2. The standard InChI is InChI=1S/C21H29N3O3/c1-13(2)15-9-8-14(3)12-17(15)22-19(25)10-11-24-18-7-5-4-6-16(18)20(26)23-21(24)27/h4-7,13-15,17H,8-12H2,1-3H3,(H,22,25)(H,23,26,27). The fraction of sp³-hybridized carbons (Fsp3) is 0.571. The van der Waals surface area contributed by atoms with Gasteiger partial charge in [-0.3, -0.25) is 19.1 Å². The Morgan fingerprint density at radius 3 is 2.74 bits per heavy atom. The van der Waals surface area contributed by atoms with Crippen molar-refractivity contribution in [1.82, 2.24) is 14.9 Å². The zero-order valence-corrected chi connectivity index (χ0v) is 16.3. The van der Waals surface area contributed by atoms with Gasteiger partial charge < -0.3 is 5.32 Å². The summed E-state index contributed by atoms with van der Waals surface area (Å²) in [4.78, 5) is 39.1. The largest absolute Gasteiger partial charge is 0.353 e. The topological polar surface area (TPSA) is 84.0 Å². The van der Waals surface area contributed by atoms with E-state index in [-0.39, 0.29) is 24.9 Å². The van der Waals surface area contributed by atoms with Crippen molar-refractivity contribution in [1.29, 1.82) is 0 Å². The minimum atomic E-state index is -0.474. The van der Waals surface area contributed by atoms with Crippen molar-refractivity contribution in [2.45, 2.75) is 59.0 Å². The molecule has 1 aromatic heterocycles. The summed E-state index contributed by atoms with van der Waals surface area (Å²) in [7, 11) is 0. The van der Waals surface area contributed by atoms with Gasteiger partial charge >= 0.3 is 5.69 Å². The molecule has 3 rings (SSSR count). The van der Waals surface area contributed by atoms with Crippen molar-refractivity contribution in [3.8, 4) is 0 Å². The number of carbonyl (C=O) groups excluding carboxylic acids is 1. The van der Waals surface area contributed by atoms with E-state index in [1.54, 1.807) is 24.3 Å². The molecule has 1 heterocycles. The highest BCUT2D eigenvalue weighted by Gasteiger charge is 2.31. The number of rotatable bonds is 5. The van der Waals surface area contributed by atoms with E-state index in [0.29, 0.717) is 28.7 Å². The highest BCUT2D eigenvalue weighted by atomic mass is 16.2. The molecule has 6 nitrogen and oxygen atoms in total. The Labute approximate surface area is 159 Å². The molecule has 0 spiro atoms. The maximum Gasteiger partial charge on any atom is 0.328 e. The fourth-order valence-electron chi connectivity index (χ4n) is 4.32. The molecule has 0 saturated heterocycles. The number of fused-ring (bicyclic) bond motifs is 1. The van der Waals surface area contributed by atoms with E-state index in [1.807, 2.05) is 0 Å². The maximum atomic E-state index is 12.6. The first-order valence-corrected chi connectivity index (χ1v) is 9.88. The van der Waals surface area contributed by atoms with E-state index in [1.165, 1.54) is 11.0 Å². The number of aromatic nitrogens is 2. The first-order valence-electron chi connectivity index (χ1n) is 9.88. The number of aromatic amines is 1. The summed E-state index contributed by atoms with van der Waals surface area (Å²) in [6.07, 6.45) is 3.59. The van der Waals surface area contributed by atoms with Crippen LogP contribution in [-0.4, -0.2) is 21.5 Å². The van der Waals surface area contributed by atoms with Crippen LogP contribution in [0.5, 0.6) is 0 Å². The first kappa shape index (κ1) is 19.4. The number of nitrogens with one attached hydrogen (secondary N) is 2. The molecule has 3 unspecified atom stereocenters. The summed E-state index contributed by atoms with van der Waals surface area (Å²) in [5.41, 5.74) is -0.310. The predicted molar refractivity (Wildman–Crippen MR) is 107 cm³/mol. The van der Waals surface area contributed by atoms with Crippen LogP contribution in [0.25, 0.3) is 10.9 Å². The van der Waals surface area contributed by atoms with E-state index < -0.39 is 11.2 Å². The number of para-hydroxylation sites is 1. The molecule has 1 aliphatic carbocycles. The van der Waals surface area contributed by atoms with E-state index in [0.717, 1.165) is 12.8 Å². The van der Waals surface area contributed by atoms with E-state index in [2.05, 4.69) is 31.1 Å². The molecule has 27 heavy (non-hydrogen) atoms. The lowest BCUT2D eigenvalue weighted by molar-refractivity contribution is -0.122. The highest BCUT2D eigenvalue weighted by Crippen LogP contribution is 2.33. The van der Waals surface area contributed by atoms with Gasteiger partial charge in [0.05, 0.1) is 10.9 Å². The van der Waals surface area contributed by atoms with Gasteiger partial charge in [0.2, 0.25) is 5.91 Å². The molecule has 2 aromatic rings. The second-order valence-corrected chi connectivity index (χ2v) is 8.18. The summed E-state index contributed by atoms with van der Waals surface area (Å²) < 4.78 is 1.47. The Bertz CT molecular complexity index is 928. The summed E-state index contributed by atoms with van der Waals surface area (Å²) in [5, 5.41) is 3.66. The molecule has 1 fully saturated rings. The van der Waals surface area contributed by atoms with Gasteiger partial charge in [-0.2, -0.15) is 0 Å². The highest BCUT2D eigenvalue weighted by molar-refractivity contribution is 5.79. The van der Waals surface area contributed by atoms with Crippen LogP contribution in [0.4, 0.5) is 0 Å². The average molecular weight is 371 g/mol. The minimum absolute atomic E-state index is 0.0399. The third-order valence-corrected chi connectivity index (χ3v) is 5.84. The number of amides is 1. The van der Waals surface area contributed by atoms with Crippen LogP contribution in [0.3, 0.4) is 0 Å². The molecule has 0 aliphatic heterocycles. The maximum absolute atomic E-state index is 12.6. The Kier molecular flexibility index (Phi) is 5.82. The van der Waals surface area contributed by atoms with Gasteiger partial charge in [-0.25, -0.2) is 4.79 Å². The summed E-state index contributed by atoms with van der Waals surface area (Å²) in [6.45, 7) is 6.91. The molecule has 1 aliphatic rings. The molecule has 0 radical (unpaired) electrons. The summed E-state index contributed by atoms with van der Waals surface area (Å²) in [6, 6.07) is 7.16. The van der Waals surface area contributed by atoms with Gasteiger partial charge in [0.1, 0.15) is 0 Å². The molecule has 146 valence electrons. The zero-order chi connectivity index (χ0) is 19.6. The lowest BCUT2D eigenvalue weighted by Gasteiger charge is -2.37. The molecule has 1 amide bonds. The van der Waals surface area contributed by atoms with Crippen LogP contribution in [0.2, 0.25) is 0 Å². The molecule has 1 saturated carbocycles. The van der Waals surface area contributed by atoms with Crippen LogP contribution >= 0.6 is 0 Å². The number of carbonyl (C=O) groups is 1. The zero-order valence-electron chi connectivity index (χ0n) is 16.3. The van der Waals surface area contributed by atoms with Gasteiger partial charge in [0, 0.05) is 19.0 Å². The lowest BCUT2D eigenvalue weighted by Crippen LogP contribution is -2.46. The van der Waals surface area contributed by atoms with Gasteiger partial charge in [0.15, 0.2) is 0 Å². The molecule has 3 atom stereocenters. The second kappa shape index (κ2) is 8.11. The van der Waals surface area contributed by atoms with E-state index in [4.69, 9.17) is 0 Å². The average Bonchev–Trinajstić information content (AvgIpc) is 2.61. The predicted octanol–water partition coefficient (Wildman–Crippen LogP) is 2.66. The third-order valence-electron chi connectivity index (χ3n) is 5.84. The fourth-order valence-corrected chi connectivity index (χ4v) is 4.32. The second-order valence-electron chi connectivity index (χ2n) is 8.18. The number of hydrogen-bond acceptors (Lipinski definition) is 3. The number of aryl methyl sites for hydroxylation is 1. The van der Waals surface area contributed by atoms with E-state index >= 15 is 0 Å². The summed E-state index contributed by atoms with van der Waals surface area (Å²) >= 11 is 0. The van der Waals surface area contributed by atoms with Crippen LogP contribution < -0.4 is 16.6 Å². The Hall–Kier alpha value is -2.37. The van der Waals surface area contributed by atoms with Gasteiger partial charge in [-0.15, -0.1) is 0 Å². The van der Waals surface area contributed by atoms with Crippen molar-refractivity contribution in [3.63, 3.8) is 0 Å². The smallest absolute Gasteiger partial charge is 0.328 e. The normalized spacial score (nSPS) is 22.9. The van der Waals surface area contributed by atoms with Crippen LogP contribution in [0.15, 0.2) is 33.9 Å². The number of H-pyrrole nitrogens is 1. The van der Waals surface area contributed by atoms with Gasteiger partial charge in [0.25, 0.3) is 5.56 Å². The van der Waals surface area contributed by atoms with Crippen LogP contribution in [0, 0.1) is 17.8 Å².